The number of carbonyl (C=O) groups is 2. The van der Waals surface area contributed by atoms with Crippen LogP contribution in [0.3, 0.4) is 0 Å². The number of ketones is 1. The van der Waals surface area contributed by atoms with E-state index in [4.69, 9.17) is 0 Å². The Morgan fingerprint density at radius 3 is 2.50 bits per heavy atom. The maximum absolute atomic E-state index is 12.4. The molecule has 0 aliphatic carbocycles. The smallest absolute Gasteiger partial charge is 0.228 e. The molecule has 5 heteroatoms. The van der Waals surface area contributed by atoms with Crippen molar-refractivity contribution in [1.82, 2.24) is 10.2 Å². The molecule has 0 aromatic rings. The van der Waals surface area contributed by atoms with E-state index in [0.29, 0.717) is 12.3 Å². The SMILES string of the molecule is C[C@@H](O)C1C(=O)N[C@@H]1[C@@H](C)C(=O)CC1CCN(C)CC1. The molecule has 2 saturated heterocycles. The van der Waals surface area contributed by atoms with Crippen LogP contribution in [0.25, 0.3) is 0 Å². The second-order valence-electron chi connectivity index (χ2n) is 6.51. The minimum atomic E-state index is -0.688. The van der Waals surface area contributed by atoms with Gasteiger partial charge in [0.05, 0.1) is 18.1 Å². The Hall–Kier alpha value is -0.940. The van der Waals surface area contributed by atoms with Gasteiger partial charge in [0, 0.05) is 12.3 Å². The summed E-state index contributed by atoms with van der Waals surface area (Å²) in [6.07, 6.45) is 2.07. The summed E-state index contributed by atoms with van der Waals surface area (Å²) in [5, 5.41) is 12.4. The number of aliphatic hydroxyl groups is 1. The molecule has 1 unspecified atom stereocenters. The predicted octanol–water partition coefficient (Wildman–Crippen LogP) is 0.419. The first kappa shape index (κ1) is 15.4. The van der Waals surface area contributed by atoms with Gasteiger partial charge < -0.3 is 15.3 Å². The highest BCUT2D eigenvalue weighted by atomic mass is 16.3. The molecule has 2 aliphatic rings. The fourth-order valence-corrected chi connectivity index (χ4v) is 3.31. The van der Waals surface area contributed by atoms with E-state index in [9.17, 15) is 14.7 Å². The lowest BCUT2D eigenvalue weighted by Crippen LogP contribution is -2.65. The van der Waals surface area contributed by atoms with Gasteiger partial charge in [-0.2, -0.15) is 0 Å². The molecule has 0 aromatic carbocycles. The fraction of sp³-hybridized carbons (Fsp3) is 0.867. The number of hydrogen-bond donors (Lipinski definition) is 2. The zero-order chi connectivity index (χ0) is 14.9. The molecule has 0 spiro atoms. The number of Topliss-reactive ketones (excluding diaryl/α,β-unsaturated/α-hetero) is 1. The van der Waals surface area contributed by atoms with Crippen molar-refractivity contribution in [3.05, 3.63) is 0 Å². The Morgan fingerprint density at radius 1 is 1.40 bits per heavy atom. The molecule has 0 saturated carbocycles. The number of likely N-dealkylation sites (tertiary alicyclic amines) is 1. The molecular weight excluding hydrogens is 256 g/mol. The van der Waals surface area contributed by atoms with Gasteiger partial charge in [-0.05, 0) is 45.8 Å². The van der Waals surface area contributed by atoms with Gasteiger partial charge in [-0.1, -0.05) is 6.92 Å². The van der Waals surface area contributed by atoms with Gasteiger partial charge in [0.1, 0.15) is 5.78 Å². The molecule has 20 heavy (non-hydrogen) atoms. The average Bonchev–Trinajstić information content (AvgIpc) is 2.36. The summed E-state index contributed by atoms with van der Waals surface area (Å²) in [5.74, 6) is -0.0699. The van der Waals surface area contributed by atoms with Crippen LogP contribution in [0.4, 0.5) is 0 Å². The largest absolute Gasteiger partial charge is 0.393 e. The normalized spacial score (nSPS) is 31.3. The van der Waals surface area contributed by atoms with Crippen molar-refractivity contribution in [3.63, 3.8) is 0 Å². The minimum Gasteiger partial charge on any atom is -0.393 e. The Labute approximate surface area is 120 Å². The van der Waals surface area contributed by atoms with Crippen molar-refractivity contribution in [2.45, 2.75) is 45.3 Å². The fourth-order valence-electron chi connectivity index (χ4n) is 3.31. The number of carbonyl (C=O) groups excluding carboxylic acids is 2. The molecule has 2 aliphatic heterocycles. The molecular formula is C15H26N2O3. The lowest BCUT2D eigenvalue weighted by atomic mass is 9.75. The van der Waals surface area contributed by atoms with Crippen LogP contribution >= 0.6 is 0 Å². The highest BCUT2D eigenvalue weighted by Crippen LogP contribution is 2.29. The molecule has 0 aromatic heterocycles. The quantitative estimate of drug-likeness (QED) is 0.717. The van der Waals surface area contributed by atoms with E-state index < -0.39 is 12.0 Å². The van der Waals surface area contributed by atoms with Crippen LogP contribution in [0.5, 0.6) is 0 Å². The topological polar surface area (TPSA) is 69.6 Å². The highest BCUT2D eigenvalue weighted by Gasteiger charge is 2.47. The van der Waals surface area contributed by atoms with Crippen molar-refractivity contribution >= 4 is 11.7 Å². The van der Waals surface area contributed by atoms with E-state index in [2.05, 4.69) is 17.3 Å². The van der Waals surface area contributed by atoms with Crippen LogP contribution in [0.15, 0.2) is 0 Å². The zero-order valence-electron chi connectivity index (χ0n) is 12.6. The van der Waals surface area contributed by atoms with Gasteiger partial charge >= 0.3 is 0 Å². The number of rotatable bonds is 5. The molecule has 1 amide bonds. The first-order chi connectivity index (χ1) is 9.40. The number of amides is 1. The van der Waals surface area contributed by atoms with E-state index in [1.807, 2.05) is 6.92 Å². The van der Waals surface area contributed by atoms with Gasteiger partial charge in [-0.3, -0.25) is 9.59 Å². The van der Waals surface area contributed by atoms with E-state index in [0.717, 1.165) is 25.9 Å². The molecule has 2 heterocycles. The molecule has 114 valence electrons. The van der Waals surface area contributed by atoms with E-state index in [-0.39, 0.29) is 23.7 Å². The Balaban J connectivity index is 1.85. The van der Waals surface area contributed by atoms with Crippen molar-refractivity contribution in [2.75, 3.05) is 20.1 Å². The van der Waals surface area contributed by atoms with Gasteiger partial charge in [0.15, 0.2) is 0 Å². The zero-order valence-corrected chi connectivity index (χ0v) is 12.6. The molecule has 0 radical (unpaired) electrons. The standard InChI is InChI=1S/C15H26N2O3/c1-9(14-13(10(2)18)15(20)16-14)12(19)8-11-4-6-17(3)7-5-11/h9-11,13-14,18H,4-8H2,1-3H3,(H,16,20)/t9-,10+,13?,14+/m0/s1. The molecule has 2 fully saturated rings. The van der Waals surface area contributed by atoms with E-state index in [1.165, 1.54) is 0 Å². The number of β-lactam (4-membered cyclic amide) rings is 1. The second-order valence-corrected chi connectivity index (χ2v) is 6.51. The summed E-state index contributed by atoms with van der Waals surface area (Å²) in [6, 6.07) is -0.193. The summed E-state index contributed by atoms with van der Waals surface area (Å²) in [6.45, 7) is 5.60. The number of piperidine rings is 1. The Bertz CT molecular complexity index is 375. The highest BCUT2D eigenvalue weighted by molar-refractivity contribution is 5.90. The van der Waals surface area contributed by atoms with Crippen LogP contribution in [0.1, 0.15) is 33.1 Å². The van der Waals surface area contributed by atoms with Crippen molar-refractivity contribution in [3.8, 4) is 0 Å². The van der Waals surface area contributed by atoms with E-state index in [1.54, 1.807) is 6.92 Å². The first-order valence-corrected chi connectivity index (χ1v) is 7.60. The van der Waals surface area contributed by atoms with Crippen LogP contribution in [0.2, 0.25) is 0 Å². The minimum absolute atomic E-state index is 0.135. The van der Waals surface area contributed by atoms with Crippen molar-refractivity contribution in [2.24, 2.45) is 17.8 Å². The van der Waals surface area contributed by atoms with Gasteiger partial charge in [0.2, 0.25) is 5.91 Å². The molecule has 4 atom stereocenters. The lowest BCUT2D eigenvalue weighted by Gasteiger charge is -2.42. The summed E-state index contributed by atoms with van der Waals surface area (Å²) in [4.78, 5) is 26.1. The summed E-state index contributed by atoms with van der Waals surface area (Å²) in [7, 11) is 2.11. The molecule has 2 N–H and O–H groups in total. The van der Waals surface area contributed by atoms with Crippen molar-refractivity contribution in [1.29, 1.82) is 0 Å². The molecule has 2 rings (SSSR count). The lowest BCUT2D eigenvalue weighted by molar-refractivity contribution is -0.145. The van der Waals surface area contributed by atoms with Crippen LogP contribution in [-0.4, -0.2) is 54.0 Å². The maximum Gasteiger partial charge on any atom is 0.228 e. The number of aliphatic hydroxyl groups excluding tert-OH is 1. The van der Waals surface area contributed by atoms with Crippen LogP contribution in [-0.2, 0) is 9.59 Å². The third kappa shape index (κ3) is 3.20. The third-order valence-electron chi connectivity index (χ3n) is 4.89. The van der Waals surface area contributed by atoms with Crippen LogP contribution < -0.4 is 5.32 Å². The summed E-state index contributed by atoms with van der Waals surface area (Å²) < 4.78 is 0. The number of nitrogens with zero attached hydrogens (tertiary/aromatic N) is 1. The number of hydrogen-bond acceptors (Lipinski definition) is 4. The Kier molecular flexibility index (Phi) is 4.81. The maximum atomic E-state index is 12.4. The summed E-state index contributed by atoms with van der Waals surface area (Å²) in [5.41, 5.74) is 0. The second kappa shape index (κ2) is 6.22. The molecule has 5 nitrogen and oxygen atoms in total. The first-order valence-electron chi connectivity index (χ1n) is 7.60. The van der Waals surface area contributed by atoms with Gasteiger partial charge in [-0.15, -0.1) is 0 Å². The predicted molar refractivity (Wildman–Crippen MR) is 76.1 cm³/mol. The average molecular weight is 282 g/mol. The summed E-state index contributed by atoms with van der Waals surface area (Å²) >= 11 is 0. The Morgan fingerprint density at radius 2 is 2.00 bits per heavy atom. The van der Waals surface area contributed by atoms with Crippen molar-refractivity contribution < 1.29 is 14.7 Å². The molecule has 0 bridgehead atoms. The van der Waals surface area contributed by atoms with Crippen LogP contribution in [0, 0.1) is 17.8 Å². The monoisotopic (exact) mass is 282 g/mol. The van der Waals surface area contributed by atoms with Gasteiger partial charge in [-0.25, -0.2) is 0 Å². The third-order valence-corrected chi connectivity index (χ3v) is 4.89. The van der Waals surface area contributed by atoms with E-state index >= 15 is 0 Å². The van der Waals surface area contributed by atoms with Gasteiger partial charge in [0.25, 0.3) is 0 Å². The number of nitrogens with one attached hydrogen (secondary N) is 1.